The van der Waals surface area contributed by atoms with Gasteiger partial charge in [-0.15, -0.1) is 10.2 Å². The van der Waals surface area contributed by atoms with Crippen molar-refractivity contribution < 1.29 is 4.79 Å². The van der Waals surface area contributed by atoms with E-state index in [-0.39, 0.29) is 5.78 Å². The third-order valence-electron chi connectivity index (χ3n) is 3.29. The van der Waals surface area contributed by atoms with E-state index in [0.29, 0.717) is 11.3 Å². The van der Waals surface area contributed by atoms with Gasteiger partial charge in [0, 0.05) is 42.5 Å². The summed E-state index contributed by atoms with van der Waals surface area (Å²) in [7, 11) is 0. The molecule has 0 radical (unpaired) electrons. The van der Waals surface area contributed by atoms with Crippen LogP contribution >= 0.6 is 11.8 Å². The first kappa shape index (κ1) is 15.4. The number of ketones is 1. The largest absolute Gasteiger partial charge is 0.302 e. The van der Waals surface area contributed by atoms with Gasteiger partial charge in [-0.3, -0.25) is 14.8 Å². The van der Waals surface area contributed by atoms with Gasteiger partial charge in [0.25, 0.3) is 0 Å². The minimum Gasteiger partial charge on any atom is -0.302 e. The fraction of sp³-hybridized carbons (Fsp3) is 0.188. The smallest absolute Gasteiger partial charge is 0.191 e. The van der Waals surface area contributed by atoms with Gasteiger partial charge in [0.1, 0.15) is 0 Å². The van der Waals surface area contributed by atoms with Crippen molar-refractivity contribution in [3.63, 3.8) is 0 Å². The van der Waals surface area contributed by atoms with Crippen molar-refractivity contribution in [3.05, 3.63) is 54.6 Å². The summed E-state index contributed by atoms with van der Waals surface area (Å²) >= 11 is 1.39. The number of carbonyl (C=O) groups excluding carboxylic acids is 1. The van der Waals surface area contributed by atoms with Gasteiger partial charge >= 0.3 is 0 Å². The molecular formula is C16H15N5OS. The van der Waals surface area contributed by atoms with E-state index in [0.717, 1.165) is 23.1 Å². The Bertz CT molecular complexity index is 789. The normalized spacial score (nSPS) is 10.7. The van der Waals surface area contributed by atoms with Gasteiger partial charge < -0.3 is 4.57 Å². The molecule has 3 rings (SSSR count). The average molecular weight is 325 g/mol. The molecule has 0 aliphatic rings. The van der Waals surface area contributed by atoms with Crippen molar-refractivity contribution >= 4 is 17.5 Å². The van der Waals surface area contributed by atoms with Crippen LogP contribution in [-0.2, 0) is 6.54 Å². The first-order chi connectivity index (χ1) is 11.3. The van der Waals surface area contributed by atoms with Gasteiger partial charge in [-0.2, -0.15) is 0 Å². The van der Waals surface area contributed by atoms with Crippen LogP contribution in [0.2, 0.25) is 0 Å². The zero-order valence-electron chi connectivity index (χ0n) is 12.6. The second-order valence-electron chi connectivity index (χ2n) is 4.74. The first-order valence-corrected chi connectivity index (χ1v) is 8.17. The summed E-state index contributed by atoms with van der Waals surface area (Å²) in [6.07, 6.45) is 6.68. The second-order valence-corrected chi connectivity index (χ2v) is 5.68. The third kappa shape index (κ3) is 3.45. The molecule has 3 heterocycles. The zero-order valence-corrected chi connectivity index (χ0v) is 13.4. The number of Topliss-reactive ketones (excluding diaryl/α,β-unsaturated/α-hetero) is 1. The van der Waals surface area contributed by atoms with E-state index >= 15 is 0 Å². The van der Waals surface area contributed by atoms with Crippen LogP contribution in [0.25, 0.3) is 11.4 Å². The lowest BCUT2D eigenvalue weighted by atomic mass is 10.2. The Morgan fingerprint density at radius 3 is 2.65 bits per heavy atom. The highest BCUT2D eigenvalue weighted by Crippen LogP contribution is 2.24. The molecule has 0 saturated carbocycles. The SMILES string of the molecule is CCn1c(SCC(=O)c2cccnc2)nnc1-c1ccncc1. The average Bonchev–Trinajstić information content (AvgIpc) is 3.04. The van der Waals surface area contributed by atoms with E-state index in [9.17, 15) is 4.79 Å². The summed E-state index contributed by atoms with van der Waals surface area (Å²) in [5.74, 6) is 1.12. The molecule has 3 aromatic rings. The van der Waals surface area contributed by atoms with E-state index in [2.05, 4.69) is 20.2 Å². The number of thioether (sulfide) groups is 1. The van der Waals surface area contributed by atoms with Crippen molar-refractivity contribution in [2.24, 2.45) is 0 Å². The summed E-state index contributed by atoms with van der Waals surface area (Å²) in [6, 6.07) is 7.31. The molecule has 0 aromatic carbocycles. The molecule has 0 bridgehead atoms. The third-order valence-corrected chi connectivity index (χ3v) is 4.25. The van der Waals surface area contributed by atoms with Crippen LogP contribution in [0.15, 0.2) is 54.2 Å². The van der Waals surface area contributed by atoms with E-state index in [1.54, 1.807) is 36.9 Å². The van der Waals surface area contributed by atoms with Gasteiger partial charge in [-0.1, -0.05) is 11.8 Å². The molecule has 0 aliphatic heterocycles. The van der Waals surface area contributed by atoms with Crippen LogP contribution in [0.1, 0.15) is 17.3 Å². The van der Waals surface area contributed by atoms with Crippen molar-refractivity contribution in [2.75, 3.05) is 5.75 Å². The number of hydrogen-bond acceptors (Lipinski definition) is 6. The summed E-state index contributed by atoms with van der Waals surface area (Å²) in [5.41, 5.74) is 1.57. The summed E-state index contributed by atoms with van der Waals surface area (Å²) in [6.45, 7) is 2.76. The van der Waals surface area contributed by atoms with Gasteiger partial charge in [0.15, 0.2) is 16.8 Å². The maximum absolute atomic E-state index is 12.2. The Labute approximate surface area is 138 Å². The lowest BCUT2D eigenvalue weighted by Crippen LogP contribution is -2.05. The van der Waals surface area contributed by atoms with Crippen molar-refractivity contribution in [2.45, 2.75) is 18.6 Å². The Balaban J connectivity index is 1.76. The molecule has 0 N–H and O–H groups in total. The maximum atomic E-state index is 12.2. The molecular weight excluding hydrogens is 310 g/mol. The van der Waals surface area contributed by atoms with Crippen LogP contribution in [0.3, 0.4) is 0 Å². The Kier molecular flexibility index (Phi) is 4.77. The van der Waals surface area contributed by atoms with Gasteiger partial charge in [-0.05, 0) is 31.2 Å². The fourth-order valence-corrected chi connectivity index (χ4v) is 3.03. The summed E-state index contributed by atoms with van der Waals surface area (Å²) < 4.78 is 2.00. The van der Waals surface area contributed by atoms with E-state index in [1.165, 1.54) is 11.8 Å². The number of nitrogens with zero attached hydrogens (tertiary/aromatic N) is 5. The highest BCUT2D eigenvalue weighted by atomic mass is 32.2. The van der Waals surface area contributed by atoms with Crippen LogP contribution in [0.4, 0.5) is 0 Å². The minimum atomic E-state index is 0.0271. The highest BCUT2D eigenvalue weighted by molar-refractivity contribution is 7.99. The molecule has 23 heavy (non-hydrogen) atoms. The van der Waals surface area contributed by atoms with Crippen LogP contribution in [0, 0.1) is 0 Å². The summed E-state index contributed by atoms with van der Waals surface area (Å²) in [5, 5.41) is 9.20. The number of carbonyl (C=O) groups is 1. The molecule has 3 aromatic heterocycles. The zero-order chi connectivity index (χ0) is 16.1. The minimum absolute atomic E-state index is 0.0271. The molecule has 0 unspecified atom stereocenters. The Morgan fingerprint density at radius 2 is 1.96 bits per heavy atom. The molecule has 0 aliphatic carbocycles. The number of aromatic nitrogens is 5. The van der Waals surface area contributed by atoms with Crippen LogP contribution < -0.4 is 0 Å². The summed E-state index contributed by atoms with van der Waals surface area (Å²) in [4.78, 5) is 20.2. The van der Waals surface area contributed by atoms with Crippen molar-refractivity contribution in [1.82, 2.24) is 24.7 Å². The van der Waals surface area contributed by atoms with E-state index in [1.807, 2.05) is 23.6 Å². The molecule has 7 heteroatoms. The lowest BCUT2D eigenvalue weighted by Gasteiger charge is -2.06. The number of pyridine rings is 2. The standard InChI is InChI=1S/C16H15N5OS/c1-2-21-15(12-5-8-17-9-6-12)19-20-16(21)23-11-14(22)13-4-3-7-18-10-13/h3-10H,2,11H2,1H3. The first-order valence-electron chi connectivity index (χ1n) is 7.19. The van der Waals surface area contributed by atoms with E-state index < -0.39 is 0 Å². The topological polar surface area (TPSA) is 73.6 Å². The lowest BCUT2D eigenvalue weighted by molar-refractivity contribution is 0.102. The van der Waals surface area contributed by atoms with Crippen LogP contribution in [-0.4, -0.2) is 36.3 Å². The van der Waals surface area contributed by atoms with Gasteiger partial charge in [0.2, 0.25) is 0 Å². The quantitative estimate of drug-likeness (QED) is 0.512. The van der Waals surface area contributed by atoms with Crippen molar-refractivity contribution in [3.8, 4) is 11.4 Å². The predicted octanol–water partition coefficient (Wildman–Crippen LogP) is 2.73. The number of rotatable bonds is 6. The molecule has 0 saturated heterocycles. The van der Waals surface area contributed by atoms with Crippen LogP contribution in [0.5, 0.6) is 0 Å². The Morgan fingerprint density at radius 1 is 1.13 bits per heavy atom. The van der Waals surface area contributed by atoms with Gasteiger partial charge in [-0.25, -0.2) is 0 Å². The van der Waals surface area contributed by atoms with Gasteiger partial charge in [0.05, 0.1) is 5.75 Å². The molecule has 0 amide bonds. The predicted molar refractivity (Wildman–Crippen MR) is 88.2 cm³/mol. The molecule has 0 atom stereocenters. The van der Waals surface area contributed by atoms with Crippen molar-refractivity contribution in [1.29, 1.82) is 0 Å². The highest BCUT2D eigenvalue weighted by Gasteiger charge is 2.15. The molecule has 0 spiro atoms. The van der Waals surface area contributed by atoms with E-state index in [4.69, 9.17) is 0 Å². The second kappa shape index (κ2) is 7.15. The Hall–Kier alpha value is -2.54. The fourth-order valence-electron chi connectivity index (χ4n) is 2.14. The maximum Gasteiger partial charge on any atom is 0.191 e. The molecule has 116 valence electrons. The number of hydrogen-bond donors (Lipinski definition) is 0. The molecule has 6 nitrogen and oxygen atoms in total. The monoisotopic (exact) mass is 325 g/mol. The molecule has 0 fully saturated rings.